The van der Waals surface area contributed by atoms with Gasteiger partial charge in [-0.3, -0.25) is 19.1 Å². The molecule has 3 fully saturated rings. The number of methoxy groups -OCH3 is 1. The van der Waals surface area contributed by atoms with Crippen molar-refractivity contribution in [3.63, 3.8) is 0 Å². The second kappa shape index (κ2) is 15.6. The summed E-state index contributed by atoms with van der Waals surface area (Å²) < 4.78 is 45.3. The third-order valence-electron chi connectivity index (χ3n) is 12.1. The van der Waals surface area contributed by atoms with Crippen LogP contribution in [0.4, 0.5) is 4.79 Å². The first-order valence-electron chi connectivity index (χ1n) is 20.0. The van der Waals surface area contributed by atoms with Crippen LogP contribution in [-0.4, -0.2) is 95.3 Å². The highest BCUT2D eigenvalue weighted by molar-refractivity contribution is 7.91. The van der Waals surface area contributed by atoms with Gasteiger partial charge in [0.25, 0.3) is 5.91 Å². The number of nitrogens with zero attached hydrogens (tertiary/aromatic N) is 3. The third-order valence-corrected chi connectivity index (χ3v) is 14.3. The van der Waals surface area contributed by atoms with E-state index in [9.17, 15) is 27.6 Å². The topological polar surface area (TPSA) is 195 Å². The number of benzene rings is 1. The minimum absolute atomic E-state index is 0.0338. The number of aromatic nitrogens is 2. The normalized spacial score (nSPS) is 29.8. The van der Waals surface area contributed by atoms with Crippen LogP contribution in [0.25, 0.3) is 11.0 Å². The van der Waals surface area contributed by atoms with E-state index in [1.165, 1.54) is 4.90 Å². The summed E-state index contributed by atoms with van der Waals surface area (Å²) in [5.74, 6) is -1.97. The molecule has 2 aliphatic heterocycles. The molecule has 3 heterocycles. The zero-order chi connectivity index (χ0) is 40.8. The van der Waals surface area contributed by atoms with Gasteiger partial charge in [-0.25, -0.2) is 23.2 Å². The third kappa shape index (κ3) is 8.40. The van der Waals surface area contributed by atoms with Gasteiger partial charge in [0, 0.05) is 12.0 Å². The predicted molar refractivity (Wildman–Crippen MR) is 208 cm³/mol. The van der Waals surface area contributed by atoms with Crippen molar-refractivity contribution >= 4 is 44.9 Å². The zero-order valence-electron chi connectivity index (χ0n) is 33.9. The Balaban J connectivity index is 1.39. The monoisotopic (exact) mass is 798 g/mol. The van der Waals surface area contributed by atoms with E-state index in [0.717, 1.165) is 25.7 Å². The van der Waals surface area contributed by atoms with Crippen LogP contribution in [-0.2, 0) is 35.6 Å². The molecule has 1 aromatic heterocycles. The van der Waals surface area contributed by atoms with E-state index in [0.29, 0.717) is 60.5 Å². The summed E-state index contributed by atoms with van der Waals surface area (Å²) in [6, 6.07) is 3.21. The molecular formula is C40H58N6O9S. The summed E-state index contributed by atoms with van der Waals surface area (Å²) in [6.07, 6.45) is 4.36. The van der Waals surface area contributed by atoms with E-state index in [4.69, 9.17) is 24.2 Å². The zero-order valence-corrected chi connectivity index (χ0v) is 34.7. The molecule has 4 amide bonds. The largest absolute Gasteiger partial charge is 0.497 e. The molecule has 1 aromatic carbocycles. The number of sulfonamides is 1. The lowest BCUT2D eigenvalue weighted by Crippen LogP contribution is -2.61. The number of ether oxygens (including phenoxy) is 3. The fourth-order valence-corrected chi connectivity index (χ4v) is 9.28. The first-order chi connectivity index (χ1) is 26.3. The van der Waals surface area contributed by atoms with Crippen LogP contribution >= 0.6 is 0 Å². The van der Waals surface area contributed by atoms with Crippen molar-refractivity contribution in [2.24, 2.45) is 17.3 Å². The molecule has 56 heavy (non-hydrogen) atoms. The quantitative estimate of drug-likeness (QED) is 0.356. The van der Waals surface area contributed by atoms with Gasteiger partial charge in [0.05, 0.1) is 29.4 Å². The Morgan fingerprint density at radius 3 is 2.38 bits per heavy atom. The summed E-state index contributed by atoms with van der Waals surface area (Å²) in [7, 11) is -2.40. The van der Waals surface area contributed by atoms with E-state index in [1.54, 1.807) is 27.0 Å². The van der Waals surface area contributed by atoms with Gasteiger partial charge in [-0.2, -0.15) is 0 Å². The van der Waals surface area contributed by atoms with Crippen molar-refractivity contribution in [2.45, 2.75) is 147 Å². The minimum Gasteiger partial charge on any atom is -0.497 e. The highest BCUT2D eigenvalue weighted by atomic mass is 32.2. The van der Waals surface area contributed by atoms with Crippen molar-refractivity contribution in [2.75, 3.05) is 13.7 Å². The van der Waals surface area contributed by atoms with Gasteiger partial charge < -0.3 is 29.7 Å². The molecule has 0 spiro atoms. The minimum atomic E-state index is -3.98. The number of amides is 4. The second-order valence-corrected chi connectivity index (χ2v) is 19.8. The number of fused-ring (bicyclic) bond motifs is 4. The van der Waals surface area contributed by atoms with Crippen LogP contribution in [0.15, 0.2) is 18.2 Å². The van der Waals surface area contributed by atoms with Gasteiger partial charge in [-0.05, 0) is 88.7 Å². The summed E-state index contributed by atoms with van der Waals surface area (Å²) in [5, 5.41) is 5.71. The molecule has 15 nitrogen and oxygen atoms in total. The van der Waals surface area contributed by atoms with Gasteiger partial charge in [-0.15, -0.1) is 0 Å². The first-order valence-corrected chi connectivity index (χ1v) is 21.5. The maximum Gasteiger partial charge on any atom is 0.408 e. The molecular weight excluding hydrogens is 741 g/mol. The lowest BCUT2D eigenvalue weighted by Gasteiger charge is -2.36. The fraction of sp³-hybridized carbons (Fsp3) is 0.700. The molecule has 2 bridgehead atoms. The van der Waals surface area contributed by atoms with Crippen LogP contribution in [0.1, 0.15) is 112 Å². The smallest absolute Gasteiger partial charge is 0.408 e. The van der Waals surface area contributed by atoms with Crippen LogP contribution in [0.2, 0.25) is 0 Å². The second-order valence-electron chi connectivity index (χ2n) is 17.6. The number of hydrogen-bond acceptors (Lipinski definition) is 11. The maximum atomic E-state index is 14.8. The molecule has 3 N–H and O–H groups in total. The SMILES string of the molecule is CC[C@@H]1[C@@H]2CN(C(=O)[C@H](C(C)(C)C)NC(=O)OC(C)CCCCCCc3nc4ccc(OC)cc4nc3O2)[C@@H]1C(=O)N[C@]1(C(=O)NS(=O)(=O)C2(C)CC2)C[C@H]1C. The lowest BCUT2D eigenvalue weighted by molar-refractivity contribution is -0.143. The number of alkyl carbamates (subject to hydrolysis) is 1. The van der Waals surface area contributed by atoms with E-state index >= 15 is 0 Å². The Morgan fingerprint density at radius 1 is 1.05 bits per heavy atom. The molecule has 1 saturated heterocycles. The predicted octanol–water partition coefficient (Wildman–Crippen LogP) is 4.55. The molecule has 1 unspecified atom stereocenters. The molecule has 4 aliphatic rings. The summed E-state index contributed by atoms with van der Waals surface area (Å²) >= 11 is 0. The van der Waals surface area contributed by atoms with Crippen LogP contribution < -0.4 is 24.8 Å². The Bertz CT molecular complexity index is 1960. The van der Waals surface area contributed by atoms with Gasteiger partial charge in [0.1, 0.15) is 41.3 Å². The van der Waals surface area contributed by atoms with Crippen molar-refractivity contribution in [1.29, 1.82) is 0 Å². The Kier molecular flexibility index (Phi) is 11.6. The van der Waals surface area contributed by atoms with Gasteiger partial charge in [0.2, 0.25) is 27.7 Å². The average molecular weight is 799 g/mol. The summed E-state index contributed by atoms with van der Waals surface area (Å²) in [6.45, 7) is 12.5. The Morgan fingerprint density at radius 2 is 1.75 bits per heavy atom. The van der Waals surface area contributed by atoms with E-state index in [-0.39, 0.29) is 25.0 Å². The molecule has 2 aliphatic carbocycles. The Labute approximate surface area is 329 Å². The van der Waals surface area contributed by atoms with Crippen molar-refractivity contribution in [3.8, 4) is 11.6 Å². The van der Waals surface area contributed by atoms with E-state index in [1.807, 2.05) is 46.8 Å². The van der Waals surface area contributed by atoms with Crippen molar-refractivity contribution in [3.05, 3.63) is 23.9 Å². The lowest BCUT2D eigenvalue weighted by atomic mass is 9.85. The number of carbonyl (C=O) groups excluding carboxylic acids is 4. The van der Waals surface area contributed by atoms with Crippen molar-refractivity contribution < 1.29 is 41.8 Å². The number of rotatable bonds is 7. The highest BCUT2D eigenvalue weighted by Gasteiger charge is 2.63. The maximum absolute atomic E-state index is 14.8. The molecule has 308 valence electrons. The van der Waals surface area contributed by atoms with Crippen LogP contribution in [0, 0.1) is 17.3 Å². The number of nitrogens with one attached hydrogen (secondary N) is 3. The molecule has 6 rings (SSSR count). The van der Waals surface area contributed by atoms with Gasteiger partial charge >= 0.3 is 6.09 Å². The van der Waals surface area contributed by atoms with Crippen LogP contribution in [0.3, 0.4) is 0 Å². The van der Waals surface area contributed by atoms with E-state index in [2.05, 4.69) is 15.4 Å². The van der Waals surface area contributed by atoms with Crippen LogP contribution in [0.5, 0.6) is 11.6 Å². The fourth-order valence-electron chi connectivity index (χ4n) is 7.97. The number of carbonyl (C=O) groups is 4. The summed E-state index contributed by atoms with van der Waals surface area (Å²) in [4.78, 5) is 67.8. The standard InChI is InChI=1S/C40H58N6O9S/c1-9-26-30-22-46(31(26)33(47)44-40(21-23(40)2)36(49)45-56(51,52)39(7)18-19-39)35(48)32(38(4,5)6)43-37(50)54-24(3)14-12-10-11-13-15-28-34(55-30)42-29-20-25(53-8)16-17-27(29)41-28/h16-17,20,23-24,26,30-32H,9-15,18-19,21-22H2,1-8H3,(H,43,50)(H,44,47)(H,45,49)/t23-,24?,26-,30+,31+,32-,40-/m1/s1. The number of aryl methyl sites for hydroxylation is 1. The van der Waals surface area contributed by atoms with E-state index < -0.39 is 73.6 Å². The molecule has 0 radical (unpaired) electrons. The van der Waals surface area contributed by atoms with Gasteiger partial charge in [0.15, 0.2) is 0 Å². The Hall–Kier alpha value is -4.21. The molecule has 7 atom stereocenters. The molecule has 2 saturated carbocycles. The highest BCUT2D eigenvalue weighted by Crippen LogP contribution is 2.47. The van der Waals surface area contributed by atoms with Crippen molar-refractivity contribution in [1.82, 2.24) is 30.2 Å². The number of cyclic esters (lactones) is 1. The number of hydrogen-bond donors (Lipinski definition) is 3. The molecule has 2 aromatic rings. The molecule has 16 heteroatoms. The summed E-state index contributed by atoms with van der Waals surface area (Å²) in [5.41, 5.74) is -0.386. The average Bonchev–Trinajstić information content (AvgIpc) is 4.00. The first kappa shape index (κ1) is 41.4. The van der Waals surface area contributed by atoms with Gasteiger partial charge in [-0.1, -0.05) is 47.5 Å².